The van der Waals surface area contributed by atoms with Crippen molar-refractivity contribution in [2.24, 2.45) is 0 Å². The van der Waals surface area contributed by atoms with Crippen molar-refractivity contribution in [3.8, 4) is 11.4 Å². The van der Waals surface area contributed by atoms with E-state index in [1.165, 1.54) is 9.58 Å². The average molecular weight is 595 g/mol. The van der Waals surface area contributed by atoms with E-state index >= 15 is 0 Å². The zero-order valence-electron chi connectivity index (χ0n) is 22.5. The van der Waals surface area contributed by atoms with E-state index in [-0.39, 0.29) is 24.1 Å². The summed E-state index contributed by atoms with van der Waals surface area (Å²) >= 11 is 7.09. The molecule has 1 N–H and O–H groups in total. The van der Waals surface area contributed by atoms with Crippen molar-refractivity contribution in [1.82, 2.24) is 25.1 Å². The maximum Gasteiger partial charge on any atom is 0.357 e. The third kappa shape index (κ3) is 7.62. The highest BCUT2D eigenvalue weighted by Crippen LogP contribution is 2.27. The molecule has 11 nitrogen and oxygen atoms in total. The number of hydrogen-bond acceptors (Lipinski definition) is 9. The van der Waals surface area contributed by atoms with Crippen LogP contribution in [-0.2, 0) is 20.9 Å². The first-order chi connectivity index (χ1) is 19.8. The molecule has 41 heavy (non-hydrogen) atoms. The van der Waals surface area contributed by atoms with Crippen molar-refractivity contribution in [3.05, 3.63) is 88.9 Å². The lowest BCUT2D eigenvalue weighted by molar-refractivity contribution is -0.154. The molecule has 0 bridgehead atoms. The van der Waals surface area contributed by atoms with Gasteiger partial charge >= 0.3 is 5.97 Å². The van der Waals surface area contributed by atoms with Crippen LogP contribution >= 0.6 is 23.4 Å². The smallest absolute Gasteiger partial charge is 0.357 e. The number of halogens is 1. The first kappa shape index (κ1) is 29.6. The van der Waals surface area contributed by atoms with Crippen molar-refractivity contribution in [1.29, 1.82) is 0 Å². The van der Waals surface area contributed by atoms with Gasteiger partial charge in [-0.25, -0.2) is 4.79 Å². The second kappa shape index (κ2) is 13.8. The molecule has 0 aliphatic rings. The number of thioether (sulfide) groups is 1. The summed E-state index contributed by atoms with van der Waals surface area (Å²) in [6.45, 7) is 3.63. The van der Waals surface area contributed by atoms with Crippen LogP contribution in [0.2, 0.25) is 5.02 Å². The highest BCUT2D eigenvalue weighted by atomic mass is 35.5. The largest absolute Gasteiger partial charge is 0.468 e. The van der Waals surface area contributed by atoms with Gasteiger partial charge in [0, 0.05) is 30.9 Å². The molecule has 212 valence electrons. The molecule has 0 saturated carbocycles. The van der Waals surface area contributed by atoms with E-state index < -0.39 is 18.0 Å². The Morgan fingerprint density at radius 2 is 1.80 bits per heavy atom. The topological polar surface area (TPSA) is 129 Å². The van der Waals surface area contributed by atoms with Crippen LogP contribution in [0, 0.1) is 6.92 Å². The summed E-state index contributed by atoms with van der Waals surface area (Å²) in [6, 6.07) is 21.1. The number of ether oxygens (including phenoxy) is 2. The normalized spacial score (nSPS) is 11.4. The number of nitrogens with one attached hydrogen (secondary N) is 1. The SMILES string of the molecule is CCOC(=O)C(Oc1ccccc1CN(C)C(=O)Sc1nnnn1-c1ccccc1)C(=O)Nc1cc(C)ccc1Cl. The Bertz CT molecular complexity index is 1530. The summed E-state index contributed by atoms with van der Waals surface area (Å²) in [6.07, 6.45) is -1.63. The van der Waals surface area contributed by atoms with Gasteiger partial charge in [0.25, 0.3) is 17.3 Å². The number of esters is 1. The van der Waals surface area contributed by atoms with E-state index in [1.54, 1.807) is 56.4 Å². The average Bonchev–Trinajstić information content (AvgIpc) is 3.43. The number of aryl methyl sites for hydroxylation is 1. The van der Waals surface area contributed by atoms with Crippen molar-refractivity contribution < 1.29 is 23.9 Å². The number of benzene rings is 3. The fourth-order valence-corrected chi connectivity index (χ4v) is 4.53. The summed E-state index contributed by atoms with van der Waals surface area (Å²) in [5.74, 6) is -1.38. The van der Waals surface area contributed by atoms with Gasteiger partial charge in [0.1, 0.15) is 5.75 Å². The maximum atomic E-state index is 13.2. The Labute approximate surface area is 245 Å². The first-order valence-electron chi connectivity index (χ1n) is 12.5. The lowest BCUT2D eigenvalue weighted by atomic mass is 10.2. The molecule has 0 fully saturated rings. The number of rotatable bonds is 10. The predicted octanol–water partition coefficient (Wildman–Crippen LogP) is 4.92. The second-order valence-corrected chi connectivity index (χ2v) is 10.1. The van der Waals surface area contributed by atoms with Crippen LogP contribution in [0.15, 0.2) is 78.0 Å². The number of carbonyl (C=O) groups excluding carboxylic acids is 3. The molecule has 0 spiro atoms. The van der Waals surface area contributed by atoms with E-state index in [1.807, 2.05) is 37.3 Å². The second-order valence-electron chi connectivity index (χ2n) is 8.76. The van der Waals surface area contributed by atoms with Gasteiger partial charge in [0.2, 0.25) is 5.16 Å². The molecule has 13 heteroatoms. The molecule has 0 saturated heterocycles. The zero-order chi connectivity index (χ0) is 29.4. The molecule has 1 unspecified atom stereocenters. The molecule has 0 radical (unpaired) electrons. The predicted molar refractivity (Wildman–Crippen MR) is 154 cm³/mol. The monoisotopic (exact) mass is 594 g/mol. The van der Waals surface area contributed by atoms with Crippen molar-refractivity contribution >= 4 is 46.2 Å². The van der Waals surface area contributed by atoms with Gasteiger partial charge < -0.3 is 19.7 Å². The van der Waals surface area contributed by atoms with Crippen LogP contribution in [0.1, 0.15) is 18.1 Å². The number of tetrazole rings is 1. The molecule has 1 aromatic heterocycles. The summed E-state index contributed by atoms with van der Waals surface area (Å²) in [5.41, 5.74) is 2.47. The Morgan fingerprint density at radius 1 is 1.07 bits per heavy atom. The van der Waals surface area contributed by atoms with Crippen LogP contribution in [0.4, 0.5) is 10.5 Å². The molecule has 0 aliphatic carbocycles. The lowest BCUT2D eigenvalue weighted by Gasteiger charge is -2.22. The van der Waals surface area contributed by atoms with Gasteiger partial charge in [0.05, 0.1) is 23.0 Å². The Morgan fingerprint density at radius 3 is 2.56 bits per heavy atom. The van der Waals surface area contributed by atoms with Crippen molar-refractivity contribution in [2.75, 3.05) is 19.0 Å². The fourth-order valence-electron chi connectivity index (χ4n) is 3.69. The Hall–Kier alpha value is -4.42. The summed E-state index contributed by atoms with van der Waals surface area (Å²) in [4.78, 5) is 40.5. The molecule has 3 aromatic carbocycles. The highest BCUT2D eigenvalue weighted by Gasteiger charge is 2.32. The van der Waals surface area contributed by atoms with Gasteiger partial charge in [-0.05, 0) is 60.2 Å². The first-order valence-corrected chi connectivity index (χ1v) is 13.7. The van der Waals surface area contributed by atoms with E-state index in [2.05, 4.69) is 20.8 Å². The minimum Gasteiger partial charge on any atom is -0.468 e. The Balaban J connectivity index is 1.50. The lowest BCUT2D eigenvalue weighted by Crippen LogP contribution is -2.41. The zero-order valence-corrected chi connectivity index (χ0v) is 24.1. The number of hydrogen-bond donors (Lipinski definition) is 1. The van der Waals surface area contributed by atoms with Crippen LogP contribution in [0.25, 0.3) is 5.69 Å². The number of aromatic nitrogens is 4. The molecular formula is C28H27ClN6O5S. The number of anilines is 1. The van der Waals surface area contributed by atoms with Gasteiger partial charge in [-0.1, -0.05) is 54.1 Å². The number of nitrogens with zero attached hydrogens (tertiary/aromatic N) is 5. The Kier molecular flexibility index (Phi) is 9.93. The van der Waals surface area contributed by atoms with E-state index in [0.717, 1.165) is 17.3 Å². The number of carbonyl (C=O) groups is 3. The third-order valence-electron chi connectivity index (χ3n) is 5.68. The molecule has 4 aromatic rings. The standard InChI is InChI=1S/C28H27ClN6O5S/c1-4-39-26(37)24(25(36)30-22-16-18(2)14-15-21(22)29)40-23-13-9-8-10-19(23)17-34(3)28(38)41-27-31-32-33-35(27)20-11-6-5-7-12-20/h5-16,24H,4,17H2,1-3H3,(H,30,36). The molecule has 2 amide bonds. The van der Waals surface area contributed by atoms with Crippen LogP contribution < -0.4 is 10.1 Å². The van der Waals surface area contributed by atoms with E-state index in [4.69, 9.17) is 21.1 Å². The van der Waals surface area contributed by atoms with Crippen LogP contribution in [-0.4, -0.2) is 62.0 Å². The van der Waals surface area contributed by atoms with Gasteiger partial charge in [-0.15, -0.1) is 5.10 Å². The minimum atomic E-state index is -1.63. The maximum absolute atomic E-state index is 13.2. The van der Waals surface area contributed by atoms with Crippen LogP contribution in [0.5, 0.6) is 5.75 Å². The molecule has 1 atom stereocenters. The number of amides is 2. The van der Waals surface area contributed by atoms with Crippen molar-refractivity contribution in [3.63, 3.8) is 0 Å². The van der Waals surface area contributed by atoms with Gasteiger partial charge in [-0.3, -0.25) is 9.59 Å². The summed E-state index contributed by atoms with van der Waals surface area (Å²) in [5, 5.41) is 14.6. The highest BCUT2D eigenvalue weighted by molar-refractivity contribution is 8.13. The van der Waals surface area contributed by atoms with Gasteiger partial charge in [0.15, 0.2) is 0 Å². The molecule has 4 rings (SSSR count). The molecule has 1 heterocycles. The summed E-state index contributed by atoms with van der Waals surface area (Å²) < 4.78 is 12.5. The third-order valence-corrected chi connectivity index (χ3v) is 6.93. The molecular weight excluding hydrogens is 568 g/mol. The van der Waals surface area contributed by atoms with E-state index in [9.17, 15) is 14.4 Å². The van der Waals surface area contributed by atoms with Crippen molar-refractivity contribution in [2.45, 2.75) is 31.7 Å². The minimum absolute atomic E-state index is 0.0513. The van der Waals surface area contributed by atoms with Crippen LogP contribution in [0.3, 0.4) is 0 Å². The van der Waals surface area contributed by atoms with E-state index in [0.29, 0.717) is 27.1 Å². The fraction of sp³-hybridized carbons (Fsp3) is 0.214. The summed E-state index contributed by atoms with van der Waals surface area (Å²) in [7, 11) is 1.61. The quantitative estimate of drug-likeness (QED) is 0.154. The van der Waals surface area contributed by atoms with Gasteiger partial charge in [-0.2, -0.15) is 4.68 Å². The number of para-hydroxylation sites is 2. The molecule has 0 aliphatic heterocycles.